The van der Waals surface area contributed by atoms with Crippen molar-refractivity contribution in [3.8, 4) is 0 Å². The van der Waals surface area contributed by atoms with Crippen molar-refractivity contribution in [2.75, 3.05) is 0 Å². The van der Waals surface area contributed by atoms with E-state index in [4.69, 9.17) is 0 Å². The van der Waals surface area contributed by atoms with Gasteiger partial charge < -0.3 is 5.32 Å². The van der Waals surface area contributed by atoms with Gasteiger partial charge in [-0.1, -0.05) is 36.4 Å². The molecule has 0 aliphatic rings. The van der Waals surface area contributed by atoms with Gasteiger partial charge in [0.1, 0.15) is 5.82 Å². The molecular formula is C17H20FN. The Morgan fingerprint density at radius 3 is 2.26 bits per heavy atom. The van der Waals surface area contributed by atoms with Crippen molar-refractivity contribution in [3.05, 3.63) is 70.5 Å². The first kappa shape index (κ1) is 13.8. The first-order chi connectivity index (χ1) is 9.09. The second-order valence-corrected chi connectivity index (χ2v) is 4.99. The molecule has 1 atom stereocenters. The first-order valence-corrected chi connectivity index (χ1v) is 6.62. The second-order valence-electron chi connectivity index (χ2n) is 4.99. The molecule has 2 aromatic carbocycles. The standard InChI is InChI=1S/C17H20FN/c1-12-7-6-8-13(2)16(12)11-19-14(3)15-9-4-5-10-17(15)18/h4-10,14,19H,11H2,1-3H3. The maximum Gasteiger partial charge on any atom is 0.127 e. The van der Waals surface area contributed by atoms with Gasteiger partial charge in [0.15, 0.2) is 0 Å². The normalized spacial score (nSPS) is 12.4. The molecule has 0 saturated heterocycles. The Bertz CT molecular complexity index is 543. The maximum absolute atomic E-state index is 13.7. The van der Waals surface area contributed by atoms with Crippen LogP contribution in [-0.2, 0) is 6.54 Å². The third-order valence-electron chi connectivity index (χ3n) is 3.60. The molecule has 0 bridgehead atoms. The summed E-state index contributed by atoms with van der Waals surface area (Å²) >= 11 is 0. The number of nitrogens with one attached hydrogen (secondary N) is 1. The van der Waals surface area contributed by atoms with Gasteiger partial charge in [-0.15, -0.1) is 0 Å². The van der Waals surface area contributed by atoms with E-state index in [-0.39, 0.29) is 11.9 Å². The molecule has 0 fully saturated rings. The lowest BCUT2D eigenvalue weighted by molar-refractivity contribution is 0.527. The molecule has 1 N–H and O–H groups in total. The van der Waals surface area contributed by atoms with Crippen LogP contribution in [0, 0.1) is 19.7 Å². The molecule has 0 amide bonds. The van der Waals surface area contributed by atoms with Crippen molar-refractivity contribution in [3.63, 3.8) is 0 Å². The molecule has 0 spiro atoms. The predicted molar refractivity (Wildman–Crippen MR) is 77.6 cm³/mol. The Hall–Kier alpha value is -1.67. The van der Waals surface area contributed by atoms with E-state index in [1.165, 1.54) is 22.8 Å². The minimum absolute atomic E-state index is 0.000191. The van der Waals surface area contributed by atoms with Gasteiger partial charge in [-0.05, 0) is 43.5 Å². The number of aryl methyl sites for hydroxylation is 2. The summed E-state index contributed by atoms with van der Waals surface area (Å²) in [6.07, 6.45) is 0. The summed E-state index contributed by atoms with van der Waals surface area (Å²) in [6, 6.07) is 13.2. The molecule has 2 rings (SSSR count). The third-order valence-corrected chi connectivity index (χ3v) is 3.60. The first-order valence-electron chi connectivity index (χ1n) is 6.62. The van der Waals surface area contributed by atoms with Gasteiger partial charge in [0.2, 0.25) is 0 Å². The molecule has 0 heterocycles. The highest BCUT2D eigenvalue weighted by Crippen LogP contribution is 2.18. The number of hydrogen-bond donors (Lipinski definition) is 1. The smallest absolute Gasteiger partial charge is 0.127 e. The molecular weight excluding hydrogens is 237 g/mol. The van der Waals surface area contributed by atoms with E-state index in [9.17, 15) is 4.39 Å². The van der Waals surface area contributed by atoms with Crippen LogP contribution < -0.4 is 5.32 Å². The van der Waals surface area contributed by atoms with Crippen molar-refractivity contribution < 1.29 is 4.39 Å². The van der Waals surface area contributed by atoms with Crippen LogP contribution in [-0.4, -0.2) is 0 Å². The highest BCUT2D eigenvalue weighted by Gasteiger charge is 2.10. The molecule has 0 radical (unpaired) electrons. The zero-order valence-corrected chi connectivity index (χ0v) is 11.7. The molecule has 0 aliphatic carbocycles. The summed E-state index contributed by atoms with van der Waals surface area (Å²) in [7, 11) is 0. The van der Waals surface area contributed by atoms with Crippen LogP contribution in [0.15, 0.2) is 42.5 Å². The van der Waals surface area contributed by atoms with E-state index in [1.54, 1.807) is 6.07 Å². The molecule has 19 heavy (non-hydrogen) atoms. The number of halogens is 1. The lowest BCUT2D eigenvalue weighted by Crippen LogP contribution is -2.20. The zero-order chi connectivity index (χ0) is 13.8. The SMILES string of the molecule is Cc1cccc(C)c1CNC(C)c1ccccc1F. The van der Waals surface area contributed by atoms with E-state index < -0.39 is 0 Å². The van der Waals surface area contributed by atoms with Crippen molar-refractivity contribution in [1.82, 2.24) is 5.32 Å². The van der Waals surface area contributed by atoms with E-state index in [0.29, 0.717) is 5.56 Å². The number of benzene rings is 2. The summed E-state index contributed by atoms with van der Waals surface area (Å²) in [6.45, 7) is 6.97. The average Bonchev–Trinajstić information content (AvgIpc) is 2.38. The number of hydrogen-bond acceptors (Lipinski definition) is 1. The van der Waals surface area contributed by atoms with E-state index >= 15 is 0 Å². The Morgan fingerprint density at radius 2 is 1.63 bits per heavy atom. The summed E-state index contributed by atoms with van der Waals surface area (Å²) < 4.78 is 13.7. The molecule has 2 heteroatoms. The summed E-state index contributed by atoms with van der Waals surface area (Å²) in [5, 5.41) is 3.40. The van der Waals surface area contributed by atoms with Crippen molar-refractivity contribution >= 4 is 0 Å². The van der Waals surface area contributed by atoms with E-state index in [1.807, 2.05) is 19.1 Å². The minimum Gasteiger partial charge on any atom is -0.306 e. The predicted octanol–water partition coefficient (Wildman–Crippen LogP) is 4.29. The topological polar surface area (TPSA) is 12.0 Å². The lowest BCUT2D eigenvalue weighted by atomic mass is 10.0. The van der Waals surface area contributed by atoms with Gasteiger partial charge in [-0.3, -0.25) is 0 Å². The van der Waals surface area contributed by atoms with Crippen molar-refractivity contribution in [2.24, 2.45) is 0 Å². The Morgan fingerprint density at radius 1 is 1.00 bits per heavy atom. The molecule has 0 saturated carbocycles. The van der Waals surface area contributed by atoms with Crippen LogP contribution in [0.4, 0.5) is 4.39 Å². The van der Waals surface area contributed by atoms with Crippen molar-refractivity contribution in [1.29, 1.82) is 0 Å². The Balaban J connectivity index is 2.09. The fraction of sp³-hybridized carbons (Fsp3) is 0.294. The highest BCUT2D eigenvalue weighted by atomic mass is 19.1. The molecule has 1 unspecified atom stereocenters. The van der Waals surface area contributed by atoms with Crippen LogP contribution in [0.2, 0.25) is 0 Å². The molecule has 0 aliphatic heterocycles. The fourth-order valence-electron chi connectivity index (χ4n) is 2.32. The summed E-state index contributed by atoms with van der Waals surface area (Å²) in [4.78, 5) is 0. The fourth-order valence-corrected chi connectivity index (χ4v) is 2.32. The van der Waals surface area contributed by atoms with Gasteiger partial charge in [-0.2, -0.15) is 0 Å². The molecule has 100 valence electrons. The van der Waals surface area contributed by atoms with Crippen LogP contribution in [0.5, 0.6) is 0 Å². The molecule has 1 nitrogen and oxygen atoms in total. The minimum atomic E-state index is -0.149. The van der Waals surface area contributed by atoms with Gasteiger partial charge in [0.05, 0.1) is 0 Å². The van der Waals surface area contributed by atoms with Crippen LogP contribution in [0.3, 0.4) is 0 Å². The van der Waals surface area contributed by atoms with Gasteiger partial charge >= 0.3 is 0 Å². The Kier molecular flexibility index (Phi) is 4.33. The van der Waals surface area contributed by atoms with Crippen LogP contribution >= 0.6 is 0 Å². The quantitative estimate of drug-likeness (QED) is 0.861. The van der Waals surface area contributed by atoms with E-state index in [0.717, 1.165) is 6.54 Å². The average molecular weight is 257 g/mol. The highest BCUT2D eigenvalue weighted by molar-refractivity contribution is 5.33. The third kappa shape index (κ3) is 3.21. The lowest BCUT2D eigenvalue weighted by Gasteiger charge is -2.17. The Labute approximate surface area is 114 Å². The molecule has 2 aromatic rings. The summed E-state index contributed by atoms with van der Waals surface area (Å²) in [5.41, 5.74) is 4.56. The second kappa shape index (κ2) is 5.98. The van der Waals surface area contributed by atoms with Gasteiger partial charge in [-0.25, -0.2) is 4.39 Å². The number of rotatable bonds is 4. The summed E-state index contributed by atoms with van der Waals surface area (Å²) in [5.74, 6) is -0.149. The largest absolute Gasteiger partial charge is 0.306 e. The zero-order valence-electron chi connectivity index (χ0n) is 11.7. The maximum atomic E-state index is 13.7. The van der Waals surface area contributed by atoms with Gasteiger partial charge in [0, 0.05) is 18.2 Å². The van der Waals surface area contributed by atoms with Crippen LogP contribution in [0.1, 0.15) is 35.2 Å². The van der Waals surface area contributed by atoms with Crippen LogP contribution in [0.25, 0.3) is 0 Å². The van der Waals surface area contributed by atoms with E-state index in [2.05, 4.69) is 37.4 Å². The van der Waals surface area contributed by atoms with Gasteiger partial charge in [0.25, 0.3) is 0 Å². The van der Waals surface area contributed by atoms with Crippen molar-refractivity contribution in [2.45, 2.75) is 33.4 Å². The molecule has 0 aromatic heterocycles. The monoisotopic (exact) mass is 257 g/mol.